The summed E-state index contributed by atoms with van der Waals surface area (Å²) in [4.78, 5) is 27.9. The minimum absolute atomic E-state index is 0.0254. The Hall–Kier alpha value is -1.56. The largest absolute Gasteiger partial charge is 0.334 e. The van der Waals surface area contributed by atoms with Crippen LogP contribution >= 0.6 is 11.8 Å². The SMILES string of the molecule is CC(=O)N1CSC[C@H]1C(=O)N1CCc2ccc(F)cc2[C@H]1C. The van der Waals surface area contributed by atoms with Gasteiger partial charge in [0.2, 0.25) is 11.8 Å². The Morgan fingerprint density at radius 2 is 2.09 bits per heavy atom. The number of hydrogen-bond donors (Lipinski definition) is 0. The first-order chi connectivity index (χ1) is 10.5. The maximum absolute atomic E-state index is 13.5. The van der Waals surface area contributed by atoms with E-state index in [0.717, 1.165) is 17.5 Å². The molecule has 0 N–H and O–H groups in total. The fraction of sp³-hybridized carbons (Fsp3) is 0.500. The molecular formula is C16H19FN2O2S. The van der Waals surface area contributed by atoms with Crippen molar-refractivity contribution < 1.29 is 14.0 Å². The monoisotopic (exact) mass is 322 g/mol. The standard InChI is InChI=1S/C16H19FN2O2S/c1-10-14-7-13(17)4-3-12(14)5-6-18(10)16(21)15-8-22-9-19(15)11(2)20/h3-4,7,10,15H,5-6,8-9H2,1-2H3/t10-,15+/m1/s1. The fourth-order valence-electron chi connectivity index (χ4n) is 3.23. The molecule has 0 radical (unpaired) electrons. The summed E-state index contributed by atoms with van der Waals surface area (Å²) in [6, 6.07) is 4.24. The molecule has 1 fully saturated rings. The van der Waals surface area contributed by atoms with Crippen LogP contribution < -0.4 is 0 Å². The van der Waals surface area contributed by atoms with Crippen molar-refractivity contribution in [2.45, 2.75) is 32.4 Å². The molecule has 22 heavy (non-hydrogen) atoms. The number of benzene rings is 1. The quantitative estimate of drug-likeness (QED) is 0.796. The number of amides is 2. The smallest absolute Gasteiger partial charge is 0.246 e. The number of carbonyl (C=O) groups is 2. The van der Waals surface area contributed by atoms with Crippen LogP contribution in [0.25, 0.3) is 0 Å². The number of thioether (sulfide) groups is 1. The van der Waals surface area contributed by atoms with Crippen LogP contribution in [0.2, 0.25) is 0 Å². The summed E-state index contributed by atoms with van der Waals surface area (Å²) in [6.07, 6.45) is 0.728. The van der Waals surface area contributed by atoms with Crippen molar-refractivity contribution in [3.8, 4) is 0 Å². The molecule has 0 saturated carbocycles. The van der Waals surface area contributed by atoms with Crippen LogP contribution in [0.3, 0.4) is 0 Å². The zero-order valence-corrected chi connectivity index (χ0v) is 13.5. The molecule has 2 atom stereocenters. The lowest BCUT2D eigenvalue weighted by Crippen LogP contribution is -2.50. The molecular weight excluding hydrogens is 303 g/mol. The van der Waals surface area contributed by atoms with Crippen LogP contribution in [0, 0.1) is 5.82 Å². The van der Waals surface area contributed by atoms with Crippen LogP contribution in [0.1, 0.15) is 31.0 Å². The second kappa shape index (κ2) is 5.91. The highest BCUT2D eigenvalue weighted by molar-refractivity contribution is 7.99. The lowest BCUT2D eigenvalue weighted by molar-refractivity contribution is -0.144. The van der Waals surface area contributed by atoms with Gasteiger partial charge in [0.15, 0.2) is 0 Å². The highest BCUT2D eigenvalue weighted by atomic mass is 32.2. The molecule has 118 valence electrons. The van der Waals surface area contributed by atoms with E-state index in [1.54, 1.807) is 27.6 Å². The molecule has 1 saturated heterocycles. The first-order valence-corrected chi connectivity index (χ1v) is 8.58. The van der Waals surface area contributed by atoms with E-state index < -0.39 is 0 Å². The lowest BCUT2D eigenvalue weighted by atomic mass is 9.93. The fourth-order valence-corrected chi connectivity index (χ4v) is 4.44. The van der Waals surface area contributed by atoms with E-state index in [9.17, 15) is 14.0 Å². The predicted octanol–water partition coefficient (Wildman–Crippen LogP) is 2.19. The van der Waals surface area contributed by atoms with Crippen molar-refractivity contribution in [2.24, 2.45) is 0 Å². The van der Waals surface area contributed by atoms with Gasteiger partial charge in [-0.2, -0.15) is 0 Å². The Morgan fingerprint density at radius 3 is 2.82 bits per heavy atom. The van der Waals surface area contributed by atoms with Gasteiger partial charge in [-0.1, -0.05) is 6.07 Å². The van der Waals surface area contributed by atoms with Crippen molar-refractivity contribution in [3.63, 3.8) is 0 Å². The average molecular weight is 322 g/mol. The highest BCUT2D eigenvalue weighted by Crippen LogP contribution is 2.32. The number of carbonyl (C=O) groups excluding carboxylic acids is 2. The Labute approximate surface area is 133 Å². The molecule has 0 unspecified atom stereocenters. The predicted molar refractivity (Wildman–Crippen MR) is 83.9 cm³/mol. The van der Waals surface area contributed by atoms with Gasteiger partial charge in [0.25, 0.3) is 0 Å². The van der Waals surface area contributed by atoms with Gasteiger partial charge in [-0.15, -0.1) is 11.8 Å². The van der Waals surface area contributed by atoms with Gasteiger partial charge in [0, 0.05) is 19.2 Å². The molecule has 2 aliphatic rings. The number of rotatable bonds is 1. The van der Waals surface area contributed by atoms with E-state index in [0.29, 0.717) is 18.2 Å². The zero-order valence-electron chi connectivity index (χ0n) is 12.7. The summed E-state index contributed by atoms with van der Waals surface area (Å²) in [5.74, 6) is 0.834. The molecule has 6 heteroatoms. The van der Waals surface area contributed by atoms with Gasteiger partial charge in [0.05, 0.1) is 11.9 Å². The second-order valence-corrected chi connectivity index (χ2v) is 6.81. The number of fused-ring (bicyclic) bond motifs is 1. The molecule has 2 heterocycles. The third kappa shape index (κ3) is 2.60. The minimum atomic E-state index is -0.389. The summed E-state index contributed by atoms with van der Waals surface area (Å²) in [5, 5.41) is 0. The normalized spacial score (nSPS) is 24.3. The Bertz CT molecular complexity index is 622. The van der Waals surface area contributed by atoms with Gasteiger partial charge in [0.1, 0.15) is 11.9 Å². The first-order valence-electron chi connectivity index (χ1n) is 7.43. The van der Waals surface area contributed by atoms with E-state index in [2.05, 4.69) is 0 Å². The van der Waals surface area contributed by atoms with E-state index in [1.165, 1.54) is 19.1 Å². The molecule has 0 spiro atoms. The number of halogens is 1. The molecule has 2 amide bonds. The zero-order chi connectivity index (χ0) is 15.9. The molecule has 1 aromatic carbocycles. The Kier molecular flexibility index (Phi) is 4.12. The average Bonchev–Trinajstić information content (AvgIpc) is 2.97. The molecule has 1 aromatic rings. The third-order valence-electron chi connectivity index (χ3n) is 4.50. The Morgan fingerprint density at radius 1 is 1.32 bits per heavy atom. The molecule has 4 nitrogen and oxygen atoms in total. The molecule has 2 aliphatic heterocycles. The molecule has 0 aromatic heterocycles. The summed E-state index contributed by atoms with van der Waals surface area (Å²) < 4.78 is 13.5. The number of nitrogens with zero attached hydrogens (tertiary/aromatic N) is 2. The van der Waals surface area contributed by atoms with E-state index >= 15 is 0 Å². The summed E-state index contributed by atoms with van der Waals surface area (Å²) in [7, 11) is 0. The highest BCUT2D eigenvalue weighted by Gasteiger charge is 2.38. The van der Waals surface area contributed by atoms with Gasteiger partial charge in [-0.25, -0.2) is 4.39 Å². The molecule has 0 aliphatic carbocycles. The van der Waals surface area contributed by atoms with Gasteiger partial charge < -0.3 is 9.80 Å². The summed E-state index contributed by atoms with van der Waals surface area (Å²) in [6.45, 7) is 4.04. The van der Waals surface area contributed by atoms with Gasteiger partial charge in [-0.3, -0.25) is 9.59 Å². The van der Waals surface area contributed by atoms with Crippen molar-refractivity contribution in [1.29, 1.82) is 0 Å². The molecule has 0 bridgehead atoms. The summed E-state index contributed by atoms with van der Waals surface area (Å²) >= 11 is 1.60. The van der Waals surface area contributed by atoms with Crippen molar-refractivity contribution >= 4 is 23.6 Å². The lowest BCUT2D eigenvalue weighted by Gasteiger charge is -2.38. The van der Waals surface area contributed by atoms with Crippen LogP contribution in [0.15, 0.2) is 18.2 Å². The maximum atomic E-state index is 13.5. The van der Waals surface area contributed by atoms with Gasteiger partial charge >= 0.3 is 0 Å². The summed E-state index contributed by atoms with van der Waals surface area (Å²) in [5.41, 5.74) is 1.97. The van der Waals surface area contributed by atoms with Crippen molar-refractivity contribution in [3.05, 3.63) is 35.1 Å². The number of hydrogen-bond acceptors (Lipinski definition) is 3. The van der Waals surface area contributed by atoms with Crippen LogP contribution in [0.4, 0.5) is 4.39 Å². The van der Waals surface area contributed by atoms with Crippen LogP contribution in [-0.2, 0) is 16.0 Å². The van der Waals surface area contributed by atoms with Crippen LogP contribution in [0.5, 0.6) is 0 Å². The molecule has 3 rings (SSSR count). The minimum Gasteiger partial charge on any atom is -0.334 e. The first kappa shape index (κ1) is 15.3. The topological polar surface area (TPSA) is 40.6 Å². The van der Waals surface area contributed by atoms with E-state index in [1.807, 2.05) is 6.92 Å². The van der Waals surface area contributed by atoms with Gasteiger partial charge in [-0.05, 0) is 36.6 Å². The third-order valence-corrected chi connectivity index (χ3v) is 5.51. The van der Waals surface area contributed by atoms with Crippen molar-refractivity contribution in [1.82, 2.24) is 9.80 Å². The maximum Gasteiger partial charge on any atom is 0.246 e. The Balaban J connectivity index is 1.84. The van der Waals surface area contributed by atoms with Crippen LogP contribution in [-0.4, -0.2) is 45.8 Å². The van der Waals surface area contributed by atoms with E-state index in [-0.39, 0.29) is 29.7 Å². The van der Waals surface area contributed by atoms with Crippen molar-refractivity contribution in [2.75, 3.05) is 18.2 Å². The second-order valence-electron chi connectivity index (χ2n) is 5.81. The van der Waals surface area contributed by atoms with E-state index in [4.69, 9.17) is 0 Å².